The van der Waals surface area contributed by atoms with Crippen LogP contribution in [0.5, 0.6) is 5.75 Å². The number of aromatic amines is 1. The summed E-state index contributed by atoms with van der Waals surface area (Å²) in [6.45, 7) is 0.660. The van der Waals surface area contributed by atoms with E-state index in [-0.39, 0.29) is 18.6 Å². The Balaban J connectivity index is 1.52. The molecule has 4 unspecified atom stereocenters. The van der Waals surface area contributed by atoms with Crippen LogP contribution in [-0.4, -0.2) is 80.7 Å². The van der Waals surface area contributed by atoms with E-state index in [1.807, 2.05) is 24.3 Å². The standard InChI is InChI=1S/C29H33N5O8/c35-18-9-7-16(8-10-18)12-24(29(41)42)34-28(40)23(14-25(36)37)33-27(39)22(32-26(38)21-6-3-11-30-21)13-17-15-31-20-5-2-1-4-19(17)20/h1-2,4-5,7-10,15,21-24,30-31,35H,3,6,11-14H2,(H,32,38)(H,33,39)(H,34,40)(H,36,37)(H,41,42). The molecule has 42 heavy (non-hydrogen) atoms. The molecule has 4 rings (SSSR count). The number of carboxylic acids is 2. The number of benzene rings is 2. The Morgan fingerprint density at radius 3 is 2.21 bits per heavy atom. The number of phenols is 1. The Morgan fingerprint density at radius 1 is 0.857 bits per heavy atom. The van der Waals surface area contributed by atoms with Crippen LogP contribution >= 0.6 is 0 Å². The number of carbonyl (C=O) groups is 5. The third kappa shape index (κ3) is 7.85. The van der Waals surface area contributed by atoms with Crippen LogP contribution in [-0.2, 0) is 36.8 Å². The average molecular weight is 580 g/mol. The number of aromatic hydroxyl groups is 1. The van der Waals surface area contributed by atoms with E-state index in [9.17, 15) is 39.3 Å². The molecular weight excluding hydrogens is 546 g/mol. The smallest absolute Gasteiger partial charge is 0.326 e. The van der Waals surface area contributed by atoms with E-state index in [2.05, 4.69) is 26.3 Å². The lowest BCUT2D eigenvalue weighted by Gasteiger charge is -2.24. The van der Waals surface area contributed by atoms with Crippen molar-refractivity contribution in [1.29, 1.82) is 0 Å². The highest BCUT2D eigenvalue weighted by Gasteiger charge is 2.33. The van der Waals surface area contributed by atoms with Crippen molar-refractivity contribution in [2.75, 3.05) is 6.54 Å². The van der Waals surface area contributed by atoms with Gasteiger partial charge in [-0.1, -0.05) is 30.3 Å². The maximum atomic E-state index is 13.5. The Morgan fingerprint density at radius 2 is 1.55 bits per heavy atom. The number of para-hydroxylation sites is 1. The SMILES string of the molecule is O=C(O)CC(NC(=O)C(Cc1c[nH]c2ccccc12)NC(=O)C1CCCN1)C(=O)NC(Cc1ccc(O)cc1)C(=O)O. The molecule has 4 atom stereocenters. The highest BCUT2D eigenvalue weighted by Crippen LogP contribution is 2.20. The van der Waals surface area contributed by atoms with E-state index < -0.39 is 60.2 Å². The van der Waals surface area contributed by atoms with Crippen molar-refractivity contribution in [3.63, 3.8) is 0 Å². The second-order valence-electron chi connectivity index (χ2n) is 10.2. The summed E-state index contributed by atoms with van der Waals surface area (Å²) in [6, 6.07) is 8.41. The number of rotatable bonds is 13. The Kier molecular flexibility index (Phi) is 9.76. The summed E-state index contributed by atoms with van der Waals surface area (Å²) in [4.78, 5) is 66.2. The minimum absolute atomic E-state index is 0.0168. The van der Waals surface area contributed by atoms with E-state index in [1.54, 1.807) is 6.20 Å². The summed E-state index contributed by atoms with van der Waals surface area (Å²) >= 11 is 0. The molecule has 3 aromatic rings. The molecule has 0 bridgehead atoms. The van der Waals surface area contributed by atoms with Gasteiger partial charge in [-0.15, -0.1) is 0 Å². The van der Waals surface area contributed by atoms with Crippen LogP contribution in [0.2, 0.25) is 0 Å². The molecule has 1 aromatic heterocycles. The van der Waals surface area contributed by atoms with Gasteiger partial charge < -0.3 is 41.6 Å². The molecule has 1 aliphatic heterocycles. The number of hydrogen-bond donors (Lipinski definition) is 8. The lowest BCUT2D eigenvalue weighted by Crippen LogP contribution is -2.58. The summed E-state index contributed by atoms with van der Waals surface area (Å²) < 4.78 is 0. The third-order valence-corrected chi connectivity index (χ3v) is 7.11. The first-order valence-electron chi connectivity index (χ1n) is 13.5. The van der Waals surface area contributed by atoms with Crippen LogP contribution in [0.4, 0.5) is 0 Å². The van der Waals surface area contributed by atoms with Crippen LogP contribution < -0.4 is 21.3 Å². The number of amides is 3. The Labute approximate surface area is 240 Å². The van der Waals surface area contributed by atoms with Crippen LogP contribution in [0, 0.1) is 0 Å². The summed E-state index contributed by atoms with van der Waals surface area (Å²) in [5.74, 6) is -4.98. The van der Waals surface area contributed by atoms with Crippen molar-refractivity contribution in [3.8, 4) is 5.75 Å². The normalized spacial score (nSPS) is 16.7. The van der Waals surface area contributed by atoms with Crippen molar-refractivity contribution >= 4 is 40.6 Å². The minimum Gasteiger partial charge on any atom is -0.508 e. The second-order valence-corrected chi connectivity index (χ2v) is 10.2. The van der Waals surface area contributed by atoms with Crippen molar-refractivity contribution in [2.45, 2.75) is 56.3 Å². The van der Waals surface area contributed by atoms with Crippen LogP contribution in [0.3, 0.4) is 0 Å². The first-order chi connectivity index (χ1) is 20.1. The molecule has 3 amide bonds. The van der Waals surface area contributed by atoms with Crippen molar-refractivity contribution < 1.29 is 39.3 Å². The van der Waals surface area contributed by atoms with Crippen LogP contribution in [0.25, 0.3) is 10.9 Å². The van der Waals surface area contributed by atoms with Gasteiger partial charge in [-0.3, -0.25) is 19.2 Å². The molecule has 222 valence electrons. The fourth-order valence-corrected chi connectivity index (χ4v) is 4.91. The van der Waals surface area contributed by atoms with Gasteiger partial charge in [0.15, 0.2) is 0 Å². The largest absolute Gasteiger partial charge is 0.508 e. The van der Waals surface area contributed by atoms with E-state index in [0.29, 0.717) is 18.5 Å². The molecule has 2 aromatic carbocycles. The van der Waals surface area contributed by atoms with Crippen LogP contribution in [0.15, 0.2) is 54.7 Å². The number of hydrogen-bond acceptors (Lipinski definition) is 7. The maximum Gasteiger partial charge on any atom is 0.326 e. The van der Waals surface area contributed by atoms with Gasteiger partial charge in [0.2, 0.25) is 17.7 Å². The molecule has 2 heterocycles. The average Bonchev–Trinajstić information content (AvgIpc) is 3.63. The monoisotopic (exact) mass is 579 g/mol. The molecule has 13 heteroatoms. The van der Waals surface area contributed by atoms with Crippen molar-refractivity contribution in [1.82, 2.24) is 26.3 Å². The number of carbonyl (C=O) groups excluding carboxylic acids is 3. The van der Waals surface area contributed by atoms with E-state index in [4.69, 9.17) is 0 Å². The predicted octanol–water partition coefficient (Wildman–Crippen LogP) is 0.424. The summed E-state index contributed by atoms with van der Waals surface area (Å²) in [7, 11) is 0. The highest BCUT2D eigenvalue weighted by molar-refractivity contribution is 5.96. The van der Waals surface area contributed by atoms with Crippen molar-refractivity contribution in [2.24, 2.45) is 0 Å². The van der Waals surface area contributed by atoms with Gasteiger partial charge in [0.25, 0.3) is 0 Å². The lowest BCUT2D eigenvalue weighted by atomic mass is 10.0. The van der Waals surface area contributed by atoms with E-state index in [1.165, 1.54) is 24.3 Å². The zero-order valence-corrected chi connectivity index (χ0v) is 22.6. The van der Waals surface area contributed by atoms with E-state index >= 15 is 0 Å². The quantitative estimate of drug-likeness (QED) is 0.141. The lowest BCUT2D eigenvalue weighted by molar-refractivity contribution is -0.143. The Bertz CT molecular complexity index is 1450. The molecule has 0 spiro atoms. The molecule has 1 aliphatic rings. The van der Waals surface area contributed by atoms with Gasteiger partial charge in [-0.2, -0.15) is 0 Å². The molecule has 13 nitrogen and oxygen atoms in total. The van der Waals surface area contributed by atoms with Gasteiger partial charge in [0.05, 0.1) is 12.5 Å². The number of aromatic nitrogens is 1. The minimum atomic E-state index is -1.62. The fourth-order valence-electron chi connectivity index (χ4n) is 4.91. The molecule has 1 fully saturated rings. The van der Waals surface area contributed by atoms with Crippen LogP contribution in [0.1, 0.15) is 30.4 Å². The summed E-state index contributed by atoms with van der Waals surface area (Å²) in [6.07, 6.45) is 2.19. The number of H-pyrrole nitrogens is 1. The third-order valence-electron chi connectivity index (χ3n) is 7.11. The zero-order valence-electron chi connectivity index (χ0n) is 22.6. The number of carboxylic acid groups (broad SMARTS) is 2. The van der Waals surface area contributed by atoms with Crippen molar-refractivity contribution in [3.05, 3.63) is 65.9 Å². The first-order valence-corrected chi connectivity index (χ1v) is 13.5. The second kappa shape index (κ2) is 13.6. The summed E-state index contributed by atoms with van der Waals surface area (Å²) in [5.41, 5.74) is 2.05. The van der Waals surface area contributed by atoms with E-state index in [0.717, 1.165) is 22.9 Å². The van der Waals surface area contributed by atoms with Gasteiger partial charge in [0.1, 0.15) is 23.9 Å². The topological polar surface area (TPSA) is 210 Å². The molecule has 0 aliphatic carbocycles. The fraction of sp³-hybridized carbons (Fsp3) is 0.345. The van der Waals surface area contributed by atoms with Gasteiger partial charge in [-0.05, 0) is 48.7 Å². The first kappa shape index (κ1) is 30.1. The molecule has 0 radical (unpaired) electrons. The maximum absolute atomic E-state index is 13.5. The Hall–Kier alpha value is -4.91. The number of nitrogens with one attached hydrogen (secondary N) is 5. The number of aliphatic carboxylic acids is 2. The molecule has 8 N–H and O–H groups in total. The number of phenolic OH excluding ortho intramolecular Hbond substituents is 1. The number of fused-ring (bicyclic) bond motifs is 1. The molecular formula is C29H33N5O8. The van der Waals surface area contributed by atoms with Gasteiger partial charge in [0, 0.05) is 29.9 Å². The molecule has 1 saturated heterocycles. The molecule has 0 saturated carbocycles. The van der Waals surface area contributed by atoms with Gasteiger partial charge >= 0.3 is 11.9 Å². The summed E-state index contributed by atoms with van der Waals surface area (Å²) in [5, 5.41) is 40.0. The highest BCUT2D eigenvalue weighted by atomic mass is 16.4. The zero-order chi connectivity index (χ0) is 30.2. The predicted molar refractivity (Wildman–Crippen MR) is 151 cm³/mol. The van der Waals surface area contributed by atoms with Gasteiger partial charge in [-0.25, -0.2) is 4.79 Å².